The van der Waals surface area contributed by atoms with E-state index in [4.69, 9.17) is 0 Å². The number of nitrogens with zero attached hydrogens (tertiary/aromatic N) is 3. The zero-order valence-electron chi connectivity index (χ0n) is 10.1. The summed E-state index contributed by atoms with van der Waals surface area (Å²) in [5.41, 5.74) is 0.674. The number of carbonyl (C=O) groups is 1. The van der Waals surface area contributed by atoms with Crippen LogP contribution in [-0.2, 0) is 0 Å². The quantitative estimate of drug-likeness (QED) is 0.874. The fourth-order valence-corrected chi connectivity index (χ4v) is 2.46. The number of nitrogens with one attached hydrogen (secondary N) is 1. The highest BCUT2D eigenvalue weighted by molar-refractivity contribution is 5.92. The molecule has 0 aliphatic carbocycles. The van der Waals surface area contributed by atoms with Gasteiger partial charge in [-0.05, 0) is 31.0 Å². The molecule has 2 aromatic rings. The summed E-state index contributed by atoms with van der Waals surface area (Å²) < 4.78 is 2.00. The lowest BCUT2D eigenvalue weighted by Gasteiger charge is -2.31. The van der Waals surface area contributed by atoms with E-state index in [1.54, 1.807) is 12.4 Å². The first-order chi connectivity index (χ1) is 8.84. The van der Waals surface area contributed by atoms with E-state index in [9.17, 15) is 4.79 Å². The molecule has 1 N–H and O–H groups in total. The van der Waals surface area contributed by atoms with Crippen molar-refractivity contribution >= 4 is 5.91 Å². The molecular formula is C13H16N4O. The minimum absolute atomic E-state index is 0.0962. The van der Waals surface area contributed by atoms with E-state index < -0.39 is 0 Å². The van der Waals surface area contributed by atoms with Gasteiger partial charge in [-0.2, -0.15) is 5.10 Å². The average molecular weight is 244 g/mol. The SMILES string of the molecule is O=C(c1ccc[nH]1)N1CCC(n2cccn2)CC1. The van der Waals surface area contributed by atoms with E-state index in [1.807, 2.05) is 34.0 Å². The maximum absolute atomic E-state index is 12.1. The van der Waals surface area contributed by atoms with E-state index in [-0.39, 0.29) is 5.91 Å². The van der Waals surface area contributed by atoms with E-state index in [0.29, 0.717) is 11.7 Å². The fourth-order valence-electron chi connectivity index (χ4n) is 2.46. The third kappa shape index (κ3) is 2.03. The van der Waals surface area contributed by atoms with Crippen molar-refractivity contribution in [2.45, 2.75) is 18.9 Å². The Morgan fingerprint density at radius 2 is 2.17 bits per heavy atom. The lowest BCUT2D eigenvalue weighted by Crippen LogP contribution is -2.39. The van der Waals surface area contributed by atoms with Crippen molar-refractivity contribution in [3.63, 3.8) is 0 Å². The smallest absolute Gasteiger partial charge is 0.270 e. The minimum Gasteiger partial charge on any atom is -0.357 e. The highest BCUT2D eigenvalue weighted by atomic mass is 16.2. The zero-order valence-corrected chi connectivity index (χ0v) is 10.1. The molecule has 1 fully saturated rings. The van der Waals surface area contributed by atoms with Crippen LogP contribution in [0.1, 0.15) is 29.4 Å². The molecule has 5 heteroatoms. The molecule has 0 aromatic carbocycles. The number of carbonyl (C=O) groups excluding carboxylic acids is 1. The van der Waals surface area contributed by atoms with Crippen LogP contribution in [0.3, 0.4) is 0 Å². The van der Waals surface area contributed by atoms with Crippen LogP contribution in [0, 0.1) is 0 Å². The number of rotatable bonds is 2. The molecule has 0 atom stereocenters. The van der Waals surface area contributed by atoms with Gasteiger partial charge in [0.25, 0.3) is 5.91 Å². The Hall–Kier alpha value is -2.04. The van der Waals surface area contributed by atoms with Crippen molar-refractivity contribution < 1.29 is 4.79 Å². The summed E-state index contributed by atoms with van der Waals surface area (Å²) in [5.74, 6) is 0.0962. The number of aromatic amines is 1. The molecule has 0 bridgehead atoms. The van der Waals surface area contributed by atoms with Crippen molar-refractivity contribution in [1.82, 2.24) is 19.7 Å². The summed E-state index contributed by atoms with van der Waals surface area (Å²) in [4.78, 5) is 17.0. The number of H-pyrrole nitrogens is 1. The van der Waals surface area contributed by atoms with Gasteiger partial charge in [-0.1, -0.05) is 0 Å². The van der Waals surface area contributed by atoms with Crippen LogP contribution in [0.15, 0.2) is 36.8 Å². The van der Waals surface area contributed by atoms with Crippen LogP contribution in [0.5, 0.6) is 0 Å². The Morgan fingerprint density at radius 3 is 2.78 bits per heavy atom. The first-order valence-electron chi connectivity index (χ1n) is 6.26. The van der Waals surface area contributed by atoms with Gasteiger partial charge in [0.05, 0.1) is 6.04 Å². The second-order valence-electron chi connectivity index (χ2n) is 4.59. The predicted octanol–water partition coefficient (Wildman–Crippen LogP) is 1.69. The Kier molecular flexibility index (Phi) is 2.88. The molecule has 3 rings (SSSR count). The lowest BCUT2D eigenvalue weighted by molar-refractivity contribution is 0.0684. The van der Waals surface area contributed by atoms with Crippen LogP contribution in [0.2, 0.25) is 0 Å². The number of hydrogen-bond donors (Lipinski definition) is 1. The van der Waals surface area contributed by atoms with Gasteiger partial charge in [0.2, 0.25) is 0 Å². The van der Waals surface area contributed by atoms with Crippen LogP contribution < -0.4 is 0 Å². The van der Waals surface area contributed by atoms with E-state index >= 15 is 0 Å². The number of amides is 1. The van der Waals surface area contributed by atoms with Gasteiger partial charge < -0.3 is 9.88 Å². The highest BCUT2D eigenvalue weighted by Gasteiger charge is 2.24. The van der Waals surface area contributed by atoms with Crippen molar-refractivity contribution in [1.29, 1.82) is 0 Å². The molecule has 0 radical (unpaired) electrons. The molecule has 94 valence electrons. The molecule has 1 amide bonds. The van der Waals surface area contributed by atoms with Crippen molar-refractivity contribution in [3.8, 4) is 0 Å². The standard InChI is InChI=1S/C13H16N4O/c18-13(12-3-1-6-14-12)16-9-4-11(5-10-16)17-8-2-7-15-17/h1-3,6-8,11,14H,4-5,9-10H2. The number of piperidine rings is 1. The molecule has 1 saturated heterocycles. The molecule has 0 saturated carbocycles. The van der Waals surface area contributed by atoms with Crippen LogP contribution in [0.4, 0.5) is 0 Å². The van der Waals surface area contributed by atoms with E-state index in [2.05, 4.69) is 10.1 Å². The molecule has 0 unspecified atom stereocenters. The van der Waals surface area contributed by atoms with Crippen LogP contribution >= 0.6 is 0 Å². The fraction of sp³-hybridized carbons (Fsp3) is 0.385. The number of hydrogen-bond acceptors (Lipinski definition) is 2. The van der Waals surface area contributed by atoms with Crippen LogP contribution in [-0.4, -0.2) is 38.7 Å². The Bertz CT molecular complexity index is 495. The second-order valence-corrected chi connectivity index (χ2v) is 4.59. The van der Waals surface area contributed by atoms with Crippen LogP contribution in [0.25, 0.3) is 0 Å². The number of aromatic nitrogens is 3. The molecule has 5 nitrogen and oxygen atoms in total. The largest absolute Gasteiger partial charge is 0.357 e. The van der Waals surface area contributed by atoms with E-state index in [1.165, 1.54) is 0 Å². The second kappa shape index (κ2) is 4.68. The first-order valence-corrected chi connectivity index (χ1v) is 6.26. The van der Waals surface area contributed by atoms with Crippen molar-refractivity contribution in [2.24, 2.45) is 0 Å². The maximum atomic E-state index is 12.1. The Labute approximate surface area is 105 Å². The van der Waals surface area contributed by atoms with Gasteiger partial charge in [0, 0.05) is 31.7 Å². The predicted molar refractivity (Wildman–Crippen MR) is 67.2 cm³/mol. The maximum Gasteiger partial charge on any atom is 0.270 e. The third-order valence-corrected chi connectivity index (χ3v) is 3.48. The summed E-state index contributed by atoms with van der Waals surface area (Å²) in [6.07, 6.45) is 7.51. The highest BCUT2D eigenvalue weighted by Crippen LogP contribution is 2.22. The summed E-state index contributed by atoms with van der Waals surface area (Å²) in [6.45, 7) is 1.59. The van der Waals surface area contributed by atoms with Crippen molar-refractivity contribution in [2.75, 3.05) is 13.1 Å². The van der Waals surface area contributed by atoms with Gasteiger partial charge in [0.15, 0.2) is 0 Å². The normalized spacial score (nSPS) is 17.0. The summed E-state index contributed by atoms with van der Waals surface area (Å²) in [7, 11) is 0. The Morgan fingerprint density at radius 1 is 1.33 bits per heavy atom. The average Bonchev–Trinajstić information content (AvgIpc) is 3.11. The molecular weight excluding hydrogens is 228 g/mol. The first kappa shape index (κ1) is 11.1. The van der Waals surface area contributed by atoms with Gasteiger partial charge in [-0.3, -0.25) is 9.48 Å². The van der Waals surface area contributed by atoms with E-state index in [0.717, 1.165) is 25.9 Å². The zero-order chi connectivity index (χ0) is 12.4. The molecule has 1 aliphatic rings. The molecule has 1 aliphatic heterocycles. The van der Waals surface area contributed by atoms with Gasteiger partial charge in [-0.15, -0.1) is 0 Å². The summed E-state index contributed by atoms with van der Waals surface area (Å²) in [5, 5.41) is 4.27. The topological polar surface area (TPSA) is 53.9 Å². The summed E-state index contributed by atoms with van der Waals surface area (Å²) >= 11 is 0. The number of likely N-dealkylation sites (tertiary alicyclic amines) is 1. The third-order valence-electron chi connectivity index (χ3n) is 3.48. The monoisotopic (exact) mass is 244 g/mol. The van der Waals surface area contributed by atoms with Gasteiger partial charge >= 0.3 is 0 Å². The van der Waals surface area contributed by atoms with Crippen molar-refractivity contribution in [3.05, 3.63) is 42.5 Å². The molecule has 3 heterocycles. The Balaban J connectivity index is 1.62. The molecule has 2 aromatic heterocycles. The lowest BCUT2D eigenvalue weighted by atomic mass is 10.1. The van der Waals surface area contributed by atoms with Gasteiger partial charge in [0.1, 0.15) is 5.69 Å². The molecule has 18 heavy (non-hydrogen) atoms. The minimum atomic E-state index is 0.0962. The summed E-state index contributed by atoms with van der Waals surface area (Å²) in [6, 6.07) is 6.04. The van der Waals surface area contributed by atoms with Gasteiger partial charge in [-0.25, -0.2) is 0 Å². The molecule has 0 spiro atoms.